The van der Waals surface area contributed by atoms with Gasteiger partial charge in [0.2, 0.25) is 0 Å². The average Bonchev–Trinajstić information content (AvgIpc) is 2.44. The van der Waals surface area contributed by atoms with Crippen molar-refractivity contribution in [1.29, 1.82) is 10.7 Å². The van der Waals surface area contributed by atoms with Crippen molar-refractivity contribution in [2.24, 2.45) is 5.73 Å². The van der Waals surface area contributed by atoms with E-state index in [1.807, 2.05) is 0 Å². The van der Waals surface area contributed by atoms with Crippen molar-refractivity contribution in [1.82, 2.24) is 4.57 Å². The molecule has 0 unspecified atom stereocenters. The molecule has 0 bridgehead atoms. The molecule has 2 rings (SSSR count). The normalized spacial score (nSPS) is 10.1. The molecule has 0 aliphatic heterocycles. The molecule has 3 N–H and O–H groups in total. The predicted octanol–water partition coefficient (Wildman–Crippen LogP) is 1.78. The summed E-state index contributed by atoms with van der Waals surface area (Å²) in [4.78, 5) is 11.3. The Morgan fingerprint density at radius 3 is 2.81 bits per heavy atom. The van der Waals surface area contributed by atoms with Crippen LogP contribution in [0.4, 0.5) is 4.39 Å². The smallest absolute Gasteiger partial charge is 0.252 e. The maximum atomic E-state index is 13.3. The number of pyridine rings is 1. The van der Waals surface area contributed by atoms with E-state index in [0.29, 0.717) is 5.56 Å². The van der Waals surface area contributed by atoms with Crippen LogP contribution in [-0.4, -0.2) is 10.5 Å². The second kappa shape index (κ2) is 5.77. The molecule has 1 aromatic carbocycles. The zero-order chi connectivity index (χ0) is 15.6. The third-order valence-corrected chi connectivity index (χ3v) is 3.08. The van der Waals surface area contributed by atoms with E-state index in [1.54, 1.807) is 6.07 Å². The number of nitrogens with two attached hydrogens (primary N) is 1. The molecule has 0 saturated carbocycles. The molecule has 0 atom stereocenters. The zero-order valence-corrected chi connectivity index (χ0v) is 11.5. The van der Waals surface area contributed by atoms with Crippen LogP contribution in [0.2, 0.25) is 5.02 Å². The molecule has 0 fully saturated rings. The molecule has 5 nitrogen and oxygen atoms in total. The van der Waals surface area contributed by atoms with Crippen LogP contribution in [0.25, 0.3) is 0 Å². The number of primary amides is 1. The molecule has 7 heteroatoms. The highest BCUT2D eigenvalue weighted by atomic mass is 35.5. The lowest BCUT2D eigenvalue weighted by atomic mass is 10.1. The Kier molecular flexibility index (Phi) is 4.05. The molecule has 0 radical (unpaired) electrons. The number of nitrogens with zero attached hydrogens (tertiary/aromatic N) is 2. The van der Waals surface area contributed by atoms with Crippen molar-refractivity contribution in [3.8, 4) is 6.07 Å². The largest absolute Gasteiger partial charge is 0.365 e. The van der Waals surface area contributed by atoms with Gasteiger partial charge in [-0.15, -0.1) is 0 Å². The van der Waals surface area contributed by atoms with Gasteiger partial charge in [0.15, 0.2) is 0 Å². The highest BCUT2D eigenvalue weighted by molar-refractivity contribution is 6.30. The summed E-state index contributed by atoms with van der Waals surface area (Å²) in [5.74, 6) is -1.37. The molecule has 2 aromatic rings. The van der Waals surface area contributed by atoms with Crippen LogP contribution in [0.3, 0.4) is 0 Å². The van der Waals surface area contributed by atoms with Crippen LogP contribution >= 0.6 is 11.6 Å². The Bertz CT molecular complexity index is 823. The highest BCUT2D eigenvalue weighted by Gasteiger charge is 2.09. The van der Waals surface area contributed by atoms with Gasteiger partial charge in [0.25, 0.3) is 5.91 Å². The number of hydrogen-bond donors (Lipinski definition) is 2. The van der Waals surface area contributed by atoms with Gasteiger partial charge in [0.1, 0.15) is 17.4 Å². The third kappa shape index (κ3) is 3.09. The van der Waals surface area contributed by atoms with Crippen LogP contribution in [0.15, 0.2) is 30.5 Å². The Balaban J connectivity index is 2.48. The minimum Gasteiger partial charge on any atom is -0.365 e. The van der Waals surface area contributed by atoms with Crippen LogP contribution < -0.4 is 11.2 Å². The third-order valence-electron chi connectivity index (χ3n) is 2.87. The van der Waals surface area contributed by atoms with Gasteiger partial charge in [-0.1, -0.05) is 17.7 Å². The zero-order valence-electron chi connectivity index (χ0n) is 10.7. The number of hydrogen-bond acceptors (Lipinski definition) is 3. The standard InChI is InChI=1S/C14H10ClFN4O/c15-10-4-11(14(19)21)13(18)20(7-10)6-8-1-2-12(16)9(3-8)5-17/h1-4,7,18H,6H2,(H2,19,21). The molecule has 1 amide bonds. The first-order chi connectivity index (χ1) is 9.92. The first-order valence-corrected chi connectivity index (χ1v) is 6.23. The van der Waals surface area contributed by atoms with Crippen LogP contribution in [-0.2, 0) is 6.54 Å². The lowest BCUT2D eigenvalue weighted by Gasteiger charge is -2.10. The minimum atomic E-state index is -0.756. The maximum absolute atomic E-state index is 13.3. The van der Waals surface area contributed by atoms with E-state index in [2.05, 4.69) is 0 Å². The number of nitrogens with one attached hydrogen (secondary N) is 1. The SMILES string of the molecule is N#Cc1cc(Cn2cc(Cl)cc(C(N)=O)c2=N)ccc1F. The van der Waals surface area contributed by atoms with E-state index >= 15 is 0 Å². The fourth-order valence-corrected chi connectivity index (χ4v) is 2.10. The van der Waals surface area contributed by atoms with Gasteiger partial charge in [-0.2, -0.15) is 5.26 Å². The van der Waals surface area contributed by atoms with E-state index in [9.17, 15) is 9.18 Å². The quantitative estimate of drug-likeness (QED) is 0.904. The molecule has 0 aliphatic carbocycles. The van der Waals surface area contributed by atoms with E-state index in [-0.39, 0.29) is 28.2 Å². The number of nitriles is 1. The summed E-state index contributed by atoms with van der Waals surface area (Å²) in [7, 11) is 0. The second-order valence-electron chi connectivity index (χ2n) is 4.34. The second-order valence-corrected chi connectivity index (χ2v) is 4.78. The Morgan fingerprint density at radius 1 is 1.48 bits per heavy atom. The van der Waals surface area contributed by atoms with E-state index in [0.717, 1.165) is 0 Å². The summed E-state index contributed by atoms with van der Waals surface area (Å²) in [5, 5.41) is 17.0. The topological polar surface area (TPSA) is 95.7 Å². The number of halogens is 2. The van der Waals surface area contributed by atoms with Gasteiger partial charge in [-0.05, 0) is 23.8 Å². The minimum absolute atomic E-state index is 0.00915. The molecule has 1 heterocycles. The van der Waals surface area contributed by atoms with E-state index < -0.39 is 11.7 Å². The van der Waals surface area contributed by atoms with Crippen molar-refractivity contribution in [2.45, 2.75) is 6.54 Å². The fourth-order valence-electron chi connectivity index (χ4n) is 1.88. The van der Waals surface area contributed by atoms with Crippen LogP contribution in [0.1, 0.15) is 21.5 Å². The lowest BCUT2D eigenvalue weighted by molar-refractivity contribution is 0.0998. The van der Waals surface area contributed by atoms with Gasteiger partial charge in [-0.25, -0.2) is 4.39 Å². The summed E-state index contributed by atoms with van der Waals surface area (Å²) in [6, 6.07) is 7.11. The highest BCUT2D eigenvalue weighted by Crippen LogP contribution is 2.12. The Morgan fingerprint density at radius 2 is 2.19 bits per heavy atom. The molecular formula is C14H10ClFN4O. The molecule has 0 spiro atoms. The van der Waals surface area contributed by atoms with Gasteiger partial charge < -0.3 is 10.3 Å². The number of carbonyl (C=O) groups excluding carboxylic acids is 1. The van der Waals surface area contributed by atoms with Gasteiger partial charge in [0, 0.05) is 12.7 Å². The first-order valence-electron chi connectivity index (χ1n) is 5.85. The number of rotatable bonds is 3. The Hall–Kier alpha value is -2.65. The summed E-state index contributed by atoms with van der Waals surface area (Å²) in [5.41, 5.74) is 5.59. The number of aromatic nitrogens is 1. The molecular weight excluding hydrogens is 295 g/mol. The number of carbonyl (C=O) groups is 1. The van der Waals surface area contributed by atoms with E-state index in [4.69, 9.17) is 28.0 Å². The summed E-state index contributed by atoms with van der Waals surface area (Å²) in [6.07, 6.45) is 1.46. The number of benzene rings is 1. The van der Waals surface area contributed by atoms with Crippen LogP contribution in [0.5, 0.6) is 0 Å². The van der Waals surface area contributed by atoms with Crippen molar-refractivity contribution < 1.29 is 9.18 Å². The molecule has 21 heavy (non-hydrogen) atoms. The summed E-state index contributed by atoms with van der Waals surface area (Å²) in [6.45, 7) is 0.161. The average molecular weight is 305 g/mol. The molecule has 0 saturated heterocycles. The lowest BCUT2D eigenvalue weighted by Crippen LogP contribution is -2.29. The fraction of sp³-hybridized carbons (Fsp3) is 0.0714. The summed E-state index contributed by atoms with van der Waals surface area (Å²) >= 11 is 5.89. The summed E-state index contributed by atoms with van der Waals surface area (Å²) < 4.78 is 14.7. The van der Waals surface area contributed by atoms with Crippen molar-refractivity contribution >= 4 is 17.5 Å². The predicted molar refractivity (Wildman–Crippen MR) is 74.0 cm³/mol. The van der Waals surface area contributed by atoms with Crippen LogP contribution in [0, 0.1) is 22.6 Å². The molecule has 1 aromatic heterocycles. The Labute approximate surface area is 124 Å². The molecule has 0 aliphatic rings. The molecule has 106 valence electrons. The first kappa shape index (κ1) is 14.8. The van der Waals surface area contributed by atoms with Gasteiger partial charge >= 0.3 is 0 Å². The number of amides is 1. The van der Waals surface area contributed by atoms with Crippen molar-refractivity contribution in [3.05, 3.63) is 63.5 Å². The van der Waals surface area contributed by atoms with Gasteiger partial charge in [-0.3, -0.25) is 10.2 Å². The monoisotopic (exact) mass is 304 g/mol. The van der Waals surface area contributed by atoms with Gasteiger partial charge in [0.05, 0.1) is 16.1 Å². The van der Waals surface area contributed by atoms with Crippen molar-refractivity contribution in [3.63, 3.8) is 0 Å². The van der Waals surface area contributed by atoms with Crippen molar-refractivity contribution in [2.75, 3.05) is 0 Å². The van der Waals surface area contributed by atoms with E-state index in [1.165, 1.54) is 35.0 Å². The maximum Gasteiger partial charge on any atom is 0.252 e.